The molecule has 1 amide bonds. The van der Waals surface area contributed by atoms with E-state index in [0.717, 1.165) is 16.0 Å². The number of carbonyl (C=O) groups is 1. The Bertz CT molecular complexity index is 505. The van der Waals surface area contributed by atoms with Crippen molar-refractivity contribution in [2.45, 2.75) is 25.1 Å². The van der Waals surface area contributed by atoms with Crippen LogP contribution >= 0.6 is 0 Å². The highest BCUT2D eigenvalue weighted by atomic mass is 16.6. The van der Waals surface area contributed by atoms with Gasteiger partial charge in [0.2, 0.25) is 6.54 Å². The maximum Gasteiger partial charge on any atom is 0.407 e. The molecule has 1 aromatic rings. The molecule has 0 aromatic heterocycles. The molecule has 1 aromatic carbocycles. The zero-order valence-electron chi connectivity index (χ0n) is 10.1. The van der Waals surface area contributed by atoms with Gasteiger partial charge in [-0.05, 0) is 17.5 Å². The Morgan fingerprint density at radius 2 is 2.11 bits per heavy atom. The molecular formula is C12H14N2O5. The molecule has 1 aliphatic heterocycles. The summed E-state index contributed by atoms with van der Waals surface area (Å²) < 4.78 is 0. The summed E-state index contributed by atoms with van der Waals surface area (Å²) in [7, 11) is 0. The van der Waals surface area contributed by atoms with Crippen molar-refractivity contribution in [2.24, 2.45) is 0 Å². The topological polar surface area (TPSA) is 104 Å². The van der Waals surface area contributed by atoms with Crippen LogP contribution in [-0.2, 0) is 13.0 Å². The smallest absolute Gasteiger partial charge is 0.407 e. The fourth-order valence-electron chi connectivity index (χ4n) is 2.37. The van der Waals surface area contributed by atoms with E-state index in [1.54, 1.807) is 0 Å². The highest BCUT2D eigenvalue weighted by Gasteiger charge is 2.36. The van der Waals surface area contributed by atoms with Crippen molar-refractivity contribution >= 4 is 6.09 Å². The molecule has 1 aliphatic rings. The van der Waals surface area contributed by atoms with Crippen LogP contribution in [0, 0.1) is 10.1 Å². The number of carboxylic acid groups (broad SMARTS) is 1. The van der Waals surface area contributed by atoms with Crippen molar-refractivity contribution in [3.05, 3.63) is 45.5 Å². The fourth-order valence-corrected chi connectivity index (χ4v) is 2.37. The van der Waals surface area contributed by atoms with Crippen LogP contribution < -0.4 is 0 Å². The van der Waals surface area contributed by atoms with Crippen LogP contribution in [0.2, 0.25) is 0 Å². The van der Waals surface area contributed by atoms with Crippen LogP contribution in [0.1, 0.15) is 11.1 Å². The van der Waals surface area contributed by atoms with E-state index in [2.05, 4.69) is 0 Å². The Morgan fingerprint density at radius 1 is 1.47 bits per heavy atom. The van der Waals surface area contributed by atoms with E-state index in [4.69, 9.17) is 5.11 Å². The monoisotopic (exact) mass is 266 g/mol. The summed E-state index contributed by atoms with van der Waals surface area (Å²) in [5.41, 5.74) is 1.79. The van der Waals surface area contributed by atoms with E-state index in [1.807, 2.05) is 24.3 Å². The highest BCUT2D eigenvalue weighted by molar-refractivity contribution is 5.66. The van der Waals surface area contributed by atoms with Gasteiger partial charge in [-0.3, -0.25) is 15.0 Å². The van der Waals surface area contributed by atoms with Crippen molar-refractivity contribution in [3.63, 3.8) is 0 Å². The lowest BCUT2D eigenvalue weighted by Gasteiger charge is -2.36. The van der Waals surface area contributed by atoms with Gasteiger partial charge in [0.1, 0.15) is 6.10 Å². The molecule has 2 atom stereocenters. The predicted octanol–water partition coefficient (Wildman–Crippen LogP) is 0.729. The van der Waals surface area contributed by atoms with Gasteiger partial charge in [-0.25, -0.2) is 4.79 Å². The van der Waals surface area contributed by atoms with Gasteiger partial charge in [-0.2, -0.15) is 0 Å². The van der Waals surface area contributed by atoms with Crippen LogP contribution in [-0.4, -0.2) is 44.8 Å². The standard InChI is InChI=1S/C12H14N2O5/c15-11(7-14(18)19)10-5-8-3-1-2-4-9(8)6-13(10)12(16)17/h1-4,10-11,15H,5-7H2,(H,16,17)/t10-,11-/m1/s1. The Morgan fingerprint density at radius 3 is 2.68 bits per heavy atom. The van der Waals surface area contributed by atoms with E-state index < -0.39 is 29.7 Å². The van der Waals surface area contributed by atoms with Crippen LogP contribution in [0.25, 0.3) is 0 Å². The van der Waals surface area contributed by atoms with Crippen molar-refractivity contribution in [2.75, 3.05) is 6.54 Å². The molecular weight excluding hydrogens is 252 g/mol. The molecule has 2 rings (SSSR count). The summed E-state index contributed by atoms with van der Waals surface area (Å²) in [5, 5.41) is 29.5. The second kappa shape index (κ2) is 5.23. The van der Waals surface area contributed by atoms with E-state index in [9.17, 15) is 20.0 Å². The Balaban J connectivity index is 2.26. The lowest BCUT2D eigenvalue weighted by molar-refractivity contribution is -0.491. The van der Waals surface area contributed by atoms with Gasteiger partial charge in [0.05, 0.1) is 6.04 Å². The third-order valence-electron chi connectivity index (χ3n) is 3.31. The SMILES string of the molecule is O=C(O)N1Cc2ccccc2C[C@@H]1[C@H](O)C[N+](=O)[O-]. The Hall–Kier alpha value is -2.15. The van der Waals surface area contributed by atoms with Gasteiger partial charge in [0.15, 0.2) is 0 Å². The van der Waals surface area contributed by atoms with Crippen molar-refractivity contribution in [1.29, 1.82) is 0 Å². The van der Waals surface area contributed by atoms with Gasteiger partial charge in [-0.15, -0.1) is 0 Å². The minimum absolute atomic E-state index is 0.144. The highest BCUT2D eigenvalue weighted by Crippen LogP contribution is 2.25. The predicted molar refractivity (Wildman–Crippen MR) is 65.4 cm³/mol. The van der Waals surface area contributed by atoms with E-state index in [-0.39, 0.29) is 13.0 Å². The molecule has 7 nitrogen and oxygen atoms in total. The van der Waals surface area contributed by atoms with Crippen molar-refractivity contribution in [3.8, 4) is 0 Å². The van der Waals surface area contributed by atoms with Gasteiger partial charge < -0.3 is 10.2 Å². The van der Waals surface area contributed by atoms with Gasteiger partial charge in [0.25, 0.3) is 0 Å². The lowest BCUT2D eigenvalue weighted by Crippen LogP contribution is -2.51. The molecule has 0 radical (unpaired) electrons. The third kappa shape index (κ3) is 2.82. The summed E-state index contributed by atoms with van der Waals surface area (Å²) in [6.07, 6.45) is -2.20. The lowest BCUT2D eigenvalue weighted by atomic mass is 9.91. The largest absolute Gasteiger partial charge is 0.465 e. The summed E-state index contributed by atoms with van der Waals surface area (Å²) in [5.74, 6) is 0. The second-order valence-electron chi connectivity index (χ2n) is 4.53. The summed E-state index contributed by atoms with van der Waals surface area (Å²) in [6.45, 7) is -0.512. The number of hydrogen-bond acceptors (Lipinski definition) is 4. The quantitative estimate of drug-likeness (QED) is 0.620. The number of nitrogens with zero attached hydrogens (tertiary/aromatic N) is 2. The first-order valence-electron chi connectivity index (χ1n) is 5.85. The number of aliphatic hydroxyl groups is 1. The minimum atomic E-state index is -1.31. The number of nitro groups is 1. The maximum absolute atomic E-state index is 11.2. The molecule has 0 aliphatic carbocycles. The molecule has 0 saturated heterocycles. The van der Waals surface area contributed by atoms with Crippen molar-refractivity contribution < 1.29 is 19.9 Å². The first-order valence-corrected chi connectivity index (χ1v) is 5.85. The van der Waals surface area contributed by atoms with E-state index in [0.29, 0.717) is 0 Å². The number of aliphatic hydroxyl groups excluding tert-OH is 1. The zero-order chi connectivity index (χ0) is 14.0. The zero-order valence-corrected chi connectivity index (χ0v) is 10.1. The molecule has 0 unspecified atom stereocenters. The number of rotatable bonds is 3. The normalized spacial score (nSPS) is 19.6. The van der Waals surface area contributed by atoms with Crippen LogP contribution in [0.15, 0.2) is 24.3 Å². The number of hydrogen-bond donors (Lipinski definition) is 2. The summed E-state index contributed by atoms with van der Waals surface area (Å²) in [6, 6.07) is 6.53. The minimum Gasteiger partial charge on any atom is -0.465 e. The molecule has 0 fully saturated rings. The first kappa shape index (κ1) is 13.3. The maximum atomic E-state index is 11.2. The van der Waals surface area contributed by atoms with Crippen molar-refractivity contribution in [1.82, 2.24) is 4.90 Å². The van der Waals surface area contributed by atoms with Crippen LogP contribution in [0.4, 0.5) is 4.79 Å². The van der Waals surface area contributed by atoms with Gasteiger partial charge in [-0.1, -0.05) is 24.3 Å². The molecule has 102 valence electrons. The Labute approximate surface area is 109 Å². The average Bonchev–Trinajstić information content (AvgIpc) is 2.36. The van der Waals surface area contributed by atoms with E-state index in [1.165, 1.54) is 0 Å². The van der Waals surface area contributed by atoms with Gasteiger partial charge >= 0.3 is 6.09 Å². The van der Waals surface area contributed by atoms with Crippen LogP contribution in [0.5, 0.6) is 0 Å². The molecule has 1 heterocycles. The summed E-state index contributed by atoms with van der Waals surface area (Å²) >= 11 is 0. The number of fused-ring (bicyclic) bond motifs is 1. The fraction of sp³-hybridized carbons (Fsp3) is 0.417. The molecule has 19 heavy (non-hydrogen) atoms. The Kier molecular flexibility index (Phi) is 3.66. The first-order chi connectivity index (χ1) is 8.99. The van der Waals surface area contributed by atoms with E-state index >= 15 is 0 Å². The molecule has 0 spiro atoms. The molecule has 2 N–H and O–H groups in total. The van der Waals surface area contributed by atoms with Gasteiger partial charge in [0, 0.05) is 11.5 Å². The second-order valence-corrected chi connectivity index (χ2v) is 4.53. The van der Waals surface area contributed by atoms with Crippen LogP contribution in [0.3, 0.4) is 0 Å². The molecule has 0 saturated carbocycles. The summed E-state index contributed by atoms with van der Waals surface area (Å²) in [4.78, 5) is 22.1. The molecule has 7 heteroatoms. The number of amides is 1. The molecule has 0 bridgehead atoms. The third-order valence-corrected chi connectivity index (χ3v) is 3.31. The average molecular weight is 266 g/mol. The number of benzene rings is 1.